The second-order valence-electron chi connectivity index (χ2n) is 7.06. The van der Waals surface area contributed by atoms with Gasteiger partial charge in [-0.15, -0.1) is 0 Å². The van der Waals surface area contributed by atoms with Crippen LogP contribution in [0.1, 0.15) is 21.7 Å². The van der Waals surface area contributed by atoms with Gasteiger partial charge in [-0.1, -0.05) is 18.2 Å². The van der Waals surface area contributed by atoms with E-state index in [1.165, 1.54) is 0 Å². The van der Waals surface area contributed by atoms with E-state index >= 15 is 0 Å². The zero-order valence-electron chi connectivity index (χ0n) is 16.5. The van der Waals surface area contributed by atoms with Crippen molar-refractivity contribution < 1.29 is 14.3 Å². The molecule has 148 valence electrons. The molecule has 0 N–H and O–H groups in total. The van der Waals surface area contributed by atoms with Gasteiger partial charge in [0.25, 0.3) is 5.91 Å². The van der Waals surface area contributed by atoms with Crippen molar-refractivity contribution in [1.29, 1.82) is 0 Å². The fourth-order valence-corrected chi connectivity index (χ4v) is 3.29. The van der Waals surface area contributed by atoms with Gasteiger partial charge in [0.2, 0.25) is 0 Å². The van der Waals surface area contributed by atoms with Crippen LogP contribution in [-0.4, -0.2) is 57.9 Å². The Hall–Kier alpha value is -3.48. The first-order valence-corrected chi connectivity index (χ1v) is 9.57. The molecule has 0 bridgehead atoms. The average molecular weight is 390 g/mol. The normalized spacial score (nSPS) is 14.1. The van der Waals surface area contributed by atoms with E-state index in [1.807, 2.05) is 38.1 Å². The molecule has 0 radical (unpaired) electrons. The zero-order chi connectivity index (χ0) is 20.4. The number of ether oxygens (including phenoxy) is 1. The van der Waals surface area contributed by atoms with Gasteiger partial charge in [0.05, 0.1) is 22.4 Å². The molecule has 7 nitrogen and oxygen atoms in total. The number of hydrogen-bond donors (Lipinski definition) is 0. The molecule has 1 aromatic heterocycles. The molecular formula is C22H22N4O3. The van der Waals surface area contributed by atoms with E-state index in [9.17, 15) is 9.59 Å². The van der Waals surface area contributed by atoms with E-state index in [-0.39, 0.29) is 5.91 Å². The Balaban J connectivity index is 1.40. The minimum absolute atomic E-state index is 0.0667. The van der Waals surface area contributed by atoms with Crippen LogP contribution in [-0.2, 0) is 0 Å². The van der Waals surface area contributed by atoms with Crippen molar-refractivity contribution in [3.05, 3.63) is 65.5 Å². The predicted molar refractivity (Wildman–Crippen MR) is 109 cm³/mol. The maximum Gasteiger partial charge on any atom is 0.415 e. The van der Waals surface area contributed by atoms with Crippen molar-refractivity contribution in [1.82, 2.24) is 19.8 Å². The Labute approximate surface area is 168 Å². The topological polar surface area (TPSA) is 75.6 Å². The Morgan fingerprint density at radius 3 is 2.14 bits per heavy atom. The number of benzene rings is 2. The van der Waals surface area contributed by atoms with Crippen molar-refractivity contribution in [3.8, 4) is 5.75 Å². The quantitative estimate of drug-likeness (QED) is 0.672. The van der Waals surface area contributed by atoms with Crippen molar-refractivity contribution in [2.24, 2.45) is 0 Å². The lowest BCUT2D eigenvalue weighted by Gasteiger charge is -2.34. The maximum atomic E-state index is 12.9. The summed E-state index contributed by atoms with van der Waals surface area (Å²) in [6.07, 6.45) is -0.393. The predicted octanol–water partition coefficient (Wildman–Crippen LogP) is 3.20. The van der Waals surface area contributed by atoms with E-state index in [0.717, 1.165) is 16.9 Å². The van der Waals surface area contributed by atoms with Crippen LogP contribution >= 0.6 is 0 Å². The third-order valence-electron chi connectivity index (χ3n) is 5.10. The lowest BCUT2D eigenvalue weighted by molar-refractivity contribution is 0.0633. The van der Waals surface area contributed by atoms with Crippen LogP contribution in [0.15, 0.2) is 48.5 Å². The van der Waals surface area contributed by atoms with Crippen LogP contribution in [0.2, 0.25) is 0 Å². The van der Waals surface area contributed by atoms with Crippen LogP contribution in [0.25, 0.3) is 11.0 Å². The molecule has 0 atom stereocenters. The Morgan fingerprint density at radius 1 is 0.828 bits per heavy atom. The van der Waals surface area contributed by atoms with E-state index in [0.29, 0.717) is 43.0 Å². The van der Waals surface area contributed by atoms with Gasteiger partial charge in [0.1, 0.15) is 5.75 Å². The number of aromatic nitrogens is 2. The van der Waals surface area contributed by atoms with Gasteiger partial charge < -0.3 is 14.5 Å². The summed E-state index contributed by atoms with van der Waals surface area (Å²) in [6.45, 7) is 5.61. The van der Waals surface area contributed by atoms with Gasteiger partial charge >= 0.3 is 6.09 Å². The van der Waals surface area contributed by atoms with Gasteiger partial charge in [0.15, 0.2) is 0 Å². The highest BCUT2D eigenvalue weighted by Gasteiger charge is 2.26. The second-order valence-corrected chi connectivity index (χ2v) is 7.06. The van der Waals surface area contributed by atoms with Crippen LogP contribution in [0, 0.1) is 13.8 Å². The summed E-state index contributed by atoms with van der Waals surface area (Å²) in [5.74, 6) is 0.446. The van der Waals surface area contributed by atoms with Crippen LogP contribution in [0.4, 0.5) is 4.79 Å². The van der Waals surface area contributed by atoms with Crippen LogP contribution < -0.4 is 4.74 Å². The largest absolute Gasteiger partial charge is 0.415 e. The van der Waals surface area contributed by atoms with Gasteiger partial charge in [0, 0.05) is 31.7 Å². The fraction of sp³-hybridized carbons (Fsp3) is 0.273. The van der Waals surface area contributed by atoms with Crippen molar-refractivity contribution in [2.75, 3.05) is 26.2 Å². The Bertz CT molecular complexity index is 1060. The van der Waals surface area contributed by atoms with Gasteiger partial charge in [-0.2, -0.15) is 0 Å². The number of carbonyl (C=O) groups excluding carboxylic acids is 2. The fourth-order valence-electron chi connectivity index (χ4n) is 3.29. The maximum absolute atomic E-state index is 12.9. The summed E-state index contributed by atoms with van der Waals surface area (Å²) in [4.78, 5) is 37.6. The van der Waals surface area contributed by atoms with E-state index in [2.05, 4.69) is 9.97 Å². The summed E-state index contributed by atoms with van der Waals surface area (Å²) in [7, 11) is 0. The molecule has 0 aliphatic carbocycles. The highest BCUT2D eigenvalue weighted by atomic mass is 16.6. The number of aryl methyl sites for hydroxylation is 2. The number of nitrogens with zero attached hydrogens (tertiary/aromatic N) is 4. The molecule has 0 saturated carbocycles. The molecule has 1 aliphatic heterocycles. The summed E-state index contributed by atoms with van der Waals surface area (Å²) in [6, 6.07) is 14.4. The Kier molecular flexibility index (Phi) is 5.12. The number of para-hydroxylation sites is 1. The molecule has 2 heterocycles. The minimum Gasteiger partial charge on any atom is -0.410 e. The lowest BCUT2D eigenvalue weighted by Crippen LogP contribution is -2.51. The molecule has 1 saturated heterocycles. The van der Waals surface area contributed by atoms with Crippen LogP contribution in [0.5, 0.6) is 5.75 Å². The number of amides is 2. The molecule has 3 aromatic rings. The highest BCUT2D eigenvalue weighted by Crippen LogP contribution is 2.17. The SMILES string of the molecule is Cc1nc2ccc(C(=O)N3CCN(C(=O)Oc4ccccc4)CC3)cc2nc1C. The molecule has 7 heteroatoms. The smallest absolute Gasteiger partial charge is 0.410 e. The third-order valence-corrected chi connectivity index (χ3v) is 5.10. The minimum atomic E-state index is -0.393. The van der Waals surface area contributed by atoms with Gasteiger partial charge in [-0.05, 0) is 44.2 Å². The molecule has 4 rings (SSSR count). The van der Waals surface area contributed by atoms with E-state index < -0.39 is 6.09 Å². The number of rotatable bonds is 2. The monoisotopic (exact) mass is 390 g/mol. The molecule has 2 amide bonds. The van der Waals surface area contributed by atoms with E-state index in [1.54, 1.807) is 34.1 Å². The molecule has 1 fully saturated rings. The Morgan fingerprint density at radius 2 is 1.45 bits per heavy atom. The highest BCUT2D eigenvalue weighted by molar-refractivity contribution is 5.97. The summed E-state index contributed by atoms with van der Waals surface area (Å²) in [5.41, 5.74) is 3.81. The van der Waals surface area contributed by atoms with Crippen molar-refractivity contribution >= 4 is 23.0 Å². The number of fused-ring (bicyclic) bond motifs is 1. The first-order valence-electron chi connectivity index (χ1n) is 9.57. The molecule has 0 unspecified atom stereocenters. The van der Waals surface area contributed by atoms with Crippen LogP contribution in [0.3, 0.4) is 0 Å². The summed E-state index contributed by atoms with van der Waals surface area (Å²) < 4.78 is 5.37. The number of hydrogen-bond acceptors (Lipinski definition) is 5. The van der Waals surface area contributed by atoms with Gasteiger partial charge in [-0.3, -0.25) is 4.79 Å². The lowest BCUT2D eigenvalue weighted by atomic mass is 10.1. The zero-order valence-corrected chi connectivity index (χ0v) is 16.5. The number of piperazine rings is 1. The first kappa shape index (κ1) is 18.9. The third kappa shape index (κ3) is 4.03. The summed E-state index contributed by atoms with van der Waals surface area (Å²) in [5, 5.41) is 0. The first-order chi connectivity index (χ1) is 14.0. The number of carbonyl (C=O) groups is 2. The summed E-state index contributed by atoms with van der Waals surface area (Å²) >= 11 is 0. The molecule has 2 aromatic carbocycles. The molecule has 29 heavy (non-hydrogen) atoms. The van der Waals surface area contributed by atoms with E-state index in [4.69, 9.17) is 4.74 Å². The van der Waals surface area contributed by atoms with Crippen molar-refractivity contribution in [3.63, 3.8) is 0 Å². The average Bonchev–Trinajstić information content (AvgIpc) is 2.74. The second kappa shape index (κ2) is 7.87. The molecular weight excluding hydrogens is 368 g/mol. The van der Waals surface area contributed by atoms with Crippen molar-refractivity contribution in [2.45, 2.75) is 13.8 Å². The molecule has 1 aliphatic rings. The molecule has 0 spiro atoms. The standard InChI is InChI=1S/C22H22N4O3/c1-15-16(2)24-20-14-17(8-9-19(20)23-15)21(27)25-10-12-26(13-11-25)22(28)29-18-6-4-3-5-7-18/h3-9,14H,10-13H2,1-2H3. The van der Waals surface area contributed by atoms with Gasteiger partial charge in [-0.25, -0.2) is 14.8 Å².